The first-order valence-electron chi connectivity index (χ1n) is 10.8. The number of benzene rings is 3. The van der Waals surface area contributed by atoms with Crippen LogP contribution in [0.15, 0.2) is 91.0 Å². The van der Waals surface area contributed by atoms with Gasteiger partial charge in [0.25, 0.3) is 0 Å². The molecule has 0 radical (unpaired) electrons. The summed E-state index contributed by atoms with van der Waals surface area (Å²) < 4.78 is 20.2. The van der Waals surface area contributed by atoms with Crippen molar-refractivity contribution in [2.45, 2.75) is 37.1 Å². The lowest BCUT2D eigenvalue weighted by Gasteiger charge is -2.31. The van der Waals surface area contributed by atoms with Crippen LogP contribution in [0.25, 0.3) is 0 Å². The molecule has 0 saturated carbocycles. The Hall–Kier alpha value is -2.68. The lowest BCUT2D eigenvalue weighted by atomic mass is 10.0. The van der Waals surface area contributed by atoms with Crippen molar-refractivity contribution in [1.29, 1.82) is 0 Å². The molecule has 0 unspecified atom stereocenters. The van der Waals surface area contributed by atoms with E-state index in [9.17, 15) is 9.36 Å². The Morgan fingerprint density at radius 2 is 1.32 bits per heavy atom. The van der Waals surface area contributed by atoms with Gasteiger partial charge in [-0.15, -0.1) is 0 Å². The smallest absolute Gasteiger partial charge is 0.328 e. The topological polar surface area (TPSA) is 55.4 Å². The zero-order chi connectivity index (χ0) is 21.7. The normalized spacial score (nSPS) is 20.8. The van der Waals surface area contributed by atoms with Gasteiger partial charge in [0.15, 0.2) is 7.29 Å². The molecule has 0 bridgehead atoms. The molecule has 4 rings (SSSR count). The summed E-state index contributed by atoms with van der Waals surface area (Å²) in [6.45, 7) is 2.07. The van der Waals surface area contributed by atoms with Gasteiger partial charge in [0.1, 0.15) is 6.04 Å². The van der Waals surface area contributed by atoms with Crippen LogP contribution in [0.1, 0.15) is 53.8 Å². The van der Waals surface area contributed by atoms with Crippen molar-refractivity contribution in [3.8, 4) is 0 Å². The fourth-order valence-electron chi connectivity index (χ4n) is 4.56. The van der Waals surface area contributed by atoms with E-state index in [4.69, 9.17) is 4.74 Å². The Bertz CT molecular complexity index is 989. The molecule has 1 aliphatic heterocycles. The maximum absolute atomic E-state index is 14.9. The van der Waals surface area contributed by atoms with Crippen molar-refractivity contribution in [2.75, 3.05) is 6.61 Å². The number of carbonyl (C=O) groups is 1. The molecule has 3 aromatic rings. The third-order valence-corrected chi connectivity index (χ3v) is 9.62. The van der Waals surface area contributed by atoms with E-state index in [1.807, 2.05) is 91.0 Å². The molecular formula is C26H28NO3P. The number of hydrogen-bond acceptors (Lipinski definition) is 3. The van der Waals surface area contributed by atoms with Crippen LogP contribution in [0.3, 0.4) is 0 Å². The number of rotatable bonds is 7. The van der Waals surface area contributed by atoms with E-state index < -0.39 is 19.3 Å². The van der Waals surface area contributed by atoms with Gasteiger partial charge in [-0.2, -0.15) is 0 Å². The predicted octanol–water partition coefficient (Wildman–Crippen LogP) is 6.43. The summed E-state index contributed by atoms with van der Waals surface area (Å²) in [4.78, 5) is 13.0. The molecule has 3 atom stereocenters. The van der Waals surface area contributed by atoms with E-state index in [0.717, 1.165) is 29.5 Å². The largest absolute Gasteiger partial charge is 0.465 e. The summed E-state index contributed by atoms with van der Waals surface area (Å²) in [5, 5.41) is 3.37. The second-order valence-electron chi connectivity index (χ2n) is 7.86. The average molecular weight is 433 g/mol. The Morgan fingerprint density at radius 3 is 1.77 bits per heavy atom. The molecule has 31 heavy (non-hydrogen) atoms. The maximum atomic E-state index is 14.9. The molecule has 5 heteroatoms. The lowest BCUT2D eigenvalue weighted by Crippen LogP contribution is -2.30. The SMILES string of the molecule is CCOC(=O)[C@@H](NP1(=O)[C@H](c2ccccc2)CC[C@H]1c1ccccc1)c1ccccc1. The van der Waals surface area contributed by atoms with Crippen molar-refractivity contribution < 1.29 is 14.1 Å². The van der Waals surface area contributed by atoms with Gasteiger partial charge in [-0.25, -0.2) is 9.88 Å². The Kier molecular flexibility index (Phi) is 6.70. The Morgan fingerprint density at radius 1 is 0.871 bits per heavy atom. The standard InChI is InChI=1S/C26H28NO3P/c1-2-30-26(28)25(22-16-10-5-11-17-22)27-31(29)23(20-12-6-3-7-13-20)18-19-24(31)21-14-8-4-9-15-21/h3-17,23-25H,2,18-19H2,1H3,(H,27,29)/t23-,24-,25-/m0/s1. The van der Waals surface area contributed by atoms with Gasteiger partial charge in [-0.1, -0.05) is 91.0 Å². The average Bonchev–Trinajstić information content (AvgIpc) is 3.16. The second kappa shape index (κ2) is 9.64. The van der Waals surface area contributed by atoms with E-state index in [1.54, 1.807) is 6.92 Å². The zero-order valence-electron chi connectivity index (χ0n) is 17.7. The van der Waals surface area contributed by atoms with Crippen LogP contribution in [-0.4, -0.2) is 12.6 Å². The van der Waals surface area contributed by atoms with Crippen molar-refractivity contribution >= 4 is 13.3 Å². The monoisotopic (exact) mass is 433 g/mol. The highest BCUT2D eigenvalue weighted by atomic mass is 31.2. The molecule has 0 aromatic heterocycles. The lowest BCUT2D eigenvalue weighted by molar-refractivity contribution is -0.145. The second-order valence-corrected chi connectivity index (χ2v) is 10.8. The zero-order valence-corrected chi connectivity index (χ0v) is 18.6. The van der Waals surface area contributed by atoms with Crippen LogP contribution in [0, 0.1) is 0 Å². The molecule has 1 fully saturated rings. The van der Waals surface area contributed by atoms with Crippen LogP contribution in [0.5, 0.6) is 0 Å². The molecule has 0 aliphatic carbocycles. The Labute approximate surface area is 184 Å². The number of esters is 1. The first-order chi connectivity index (χ1) is 15.1. The molecule has 160 valence electrons. The molecular weight excluding hydrogens is 405 g/mol. The fourth-order valence-corrected chi connectivity index (χ4v) is 8.31. The minimum absolute atomic E-state index is 0.153. The molecule has 0 spiro atoms. The summed E-state index contributed by atoms with van der Waals surface area (Å²) in [6.07, 6.45) is 1.61. The summed E-state index contributed by atoms with van der Waals surface area (Å²) in [7, 11) is -3.08. The minimum atomic E-state index is -3.08. The van der Waals surface area contributed by atoms with Crippen LogP contribution in [0.2, 0.25) is 0 Å². The van der Waals surface area contributed by atoms with Gasteiger partial charge in [0.2, 0.25) is 0 Å². The predicted molar refractivity (Wildman–Crippen MR) is 124 cm³/mol. The van der Waals surface area contributed by atoms with E-state index in [-0.39, 0.29) is 17.9 Å². The summed E-state index contributed by atoms with van der Waals surface area (Å²) in [5.41, 5.74) is 2.56. The van der Waals surface area contributed by atoms with Gasteiger partial charge in [0.05, 0.1) is 17.9 Å². The highest BCUT2D eigenvalue weighted by Gasteiger charge is 2.49. The maximum Gasteiger partial charge on any atom is 0.328 e. The van der Waals surface area contributed by atoms with Crippen LogP contribution in [0.4, 0.5) is 0 Å². The molecule has 1 saturated heterocycles. The van der Waals surface area contributed by atoms with Crippen LogP contribution < -0.4 is 5.09 Å². The van der Waals surface area contributed by atoms with E-state index in [1.165, 1.54) is 0 Å². The number of hydrogen-bond donors (Lipinski definition) is 1. The van der Waals surface area contributed by atoms with Crippen LogP contribution in [-0.2, 0) is 14.1 Å². The van der Waals surface area contributed by atoms with E-state index in [0.29, 0.717) is 0 Å². The first-order valence-corrected chi connectivity index (χ1v) is 12.7. The summed E-state index contributed by atoms with van der Waals surface area (Å²) in [6, 6.07) is 28.7. The first kappa shape index (κ1) is 21.5. The van der Waals surface area contributed by atoms with E-state index >= 15 is 0 Å². The molecule has 4 nitrogen and oxygen atoms in total. The number of ether oxygens (including phenoxy) is 1. The van der Waals surface area contributed by atoms with Crippen molar-refractivity contribution in [3.05, 3.63) is 108 Å². The van der Waals surface area contributed by atoms with E-state index in [2.05, 4.69) is 5.09 Å². The van der Waals surface area contributed by atoms with Gasteiger partial charge in [0, 0.05) is 0 Å². The quantitative estimate of drug-likeness (QED) is 0.344. The highest BCUT2D eigenvalue weighted by Crippen LogP contribution is 2.74. The summed E-state index contributed by atoms with van der Waals surface area (Å²) in [5.74, 6) is -0.394. The minimum Gasteiger partial charge on any atom is -0.465 e. The third-order valence-electron chi connectivity index (χ3n) is 5.99. The number of carbonyl (C=O) groups excluding carboxylic acids is 1. The van der Waals surface area contributed by atoms with Gasteiger partial charge >= 0.3 is 5.97 Å². The van der Waals surface area contributed by atoms with Gasteiger partial charge < -0.3 is 9.30 Å². The molecule has 3 aromatic carbocycles. The molecule has 1 N–H and O–H groups in total. The Balaban J connectivity index is 1.78. The van der Waals surface area contributed by atoms with Crippen molar-refractivity contribution in [1.82, 2.24) is 5.09 Å². The summed E-state index contributed by atoms with van der Waals surface area (Å²) >= 11 is 0. The molecule has 1 heterocycles. The van der Waals surface area contributed by atoms with Gasteiger partial charge in [-0.3, -0.25) is 0 Å². The third kappa shape index (κ3) is 4.51. The van der Waals surface area contributed by atoms with Crippen LogP contribution >= 0.6 is 7.29 Å². The number of nitrogens with one attached hydrogen (secondary N) is 1. The highest BCUT2D eigenvalue weighted by molar-refractivity contribution is 7.63. The molecule has 1 aliphatic rings. The van der Waals surface area contributed by atoms with Gasteiger partial charge in [-0.05, 0) is 36.5 Å². The fraction of sp³-hybridized carbons (Fsp3) is 0.269. The molecule has 0 amide bonds. The van der Waals surface area contributed by atoms with Crippen molar-refractivity contribution in [3.63, 3.8) is 0 Å². The van der Waals surface area contributed by atoms with Crippen molar-refractivity contribution in [2.24, 2.45) is 0 Å².